The lowest BCUT2D eigenvalue weighted by Gasteiger charge is -1.90. The minimum atomic E-state index is 0.935. The summed E-state index contributed by atoms with van der Waals surface area (Å²) in [5.41, 5.74) is 0. The molecule has 0 aromatic heterocycles. The van der Waals surface area contributed by atoms with Crippen LogP contribution in [0.1, 0.15) is 27.2 Å². The second kappa shape index (κ2) is 5.10. The molecule has 1 rings (SSSR count). The molecule has 1 nitrogen and oxygen atoms in total. The van der Waals surface area contributed by atoms with Gasteiger partial charge >= 0.3 is 0 Å². The van der Waals surface area contributed by atoms with Crippen molar-refractivity contribution in [1.29, 1.82) is 0 Å². The SMILES string of the molecule is CC.C[C@@H]1CCNC1. The molecule has 0 aliphatic carbocycles. The lowest BCUT2D eigenvalue weighted by molar-refractivity contribution is 0.651. The standard InChI is InChI=1S/C5H11N.C2H6/c1-5-2-3-6-4-5;1-2/h5-6H,2-4H2,1H3;1-2H3/t5-;/m1./s1. The smallest absolute Gasteiger partial charge is 0.00227 e. The molecule has 1 fully saturated rings. The Morgan fingerprint density at radius 2 is 2.00 bits per heavy atom. The van der Waals surface area contributed by atoms with Gasteiger partial charge in [-0.1, -0.05) is 20.8 Å². The summed E-state index contributed by atoms with van der Waals surface area (Å²) >= 11 is 0. The predicted molar refractivity (Wildman–Crippen MR) is 38.0 cm³/mol. The van der Waals surface area contributed by atoms with Crippen LogP contribution in [0.4, 0.5) is 0 Å². The lowest BCUT2D eigenvalue weighted by atomic mass is 10.2. The summed E-state index contributed by atoms with van der Waals surface area (Å²) in [6.07, 6.45) is 1.38. The van der Waals surface area contributed by atoms with E-state index in [1.165, 1.54) is 19.5 Å². The third-order valence-electron chi connectivity index (χ3n) is 1.31. The van der Waals surface area contributed by atoms with Crippen molar-refractivity contribution in [3.8, 4) is 0 Å². The van der Waals surface area contributed by atoms with Gasteiger partial charge in [-0.3, -0.25) is 0 Å². The van der Waals surface area contributed by atoms with Crippen molar-refractivity contribution < 1.29 is 0 Å². The molecule has 1 heterocycles. The van der Waals surface area contributed by atoms with Crippen molar-refractivity contribution in [2.75, 3.05) is 13.1 Å². The average molecular weight is 115 g/mol. The monoisotopic (exact) mass is 115 g/mol. The Hall–Kier alpha value is -0.0400. The van der Waals surface area contributed by atoms with Gasteiger partial charge in [0.1, 0.15) is 0 Å². The Morgan fingerprint density at radius 3 is 2.12 bits per heavy atom. The van der Waals surface area contributed by atoms with Crippen LogP contribution < -0.4 is 5.32 Å². The van der Waals surface area contributed by atoms with Gasteiger partial charge in [-0.2, -0.15) is 0 Å². The summed E-state index contributed by atoms with van der Waals surface area (Å²) in [4.78, 5) is 0. The van der Waals surface area contributed by atoms with Gasteiger partial charge in [0, 0.05) is 0 Å². The second-order valence-electron chi connectivity index (χ2n) is 2.10. The molecule has 1 atom stereocenters. The highest BCUT2D eigenvalue weighted by molar-refractivity contribution is 4.65. The van der Waals surface area contributed by atoms with E-state index in [0.29, 0.717) is 0 Å². The van der Waals surface area contributed by atoms with Crippen LogP contribution in [0.5, 0.6) is 0 Å². The average Bonchev–Trinajstić information content (AvgIpc) is 2.24. The van der Waals surface area contributed by atoms with Crippen LogP contribution in [0, 0.1) is 5.92 Å². The first-order valence-electron chi connectivity index (χ1n) is 3.60. The van der Waals surface area contributed by atoms with Gasteiger partial charge in [-0.05, 0) is 25.4 Å². The van der Waals surface area contributed by atoms with Crippen molar-refractivity contribution in [2.45, 2.75) is 27.2 Å². The summed E-state index contributed by atoms with van der Waals surface area (Å²) in [5, 5.41) is 3.27. The number of hydrogen-bond donors (Lipinski definition) is 1. The summed E-state index contributed by atoms with van der Waals surface area (Å²) in [6, 6.07) is 0. The molecule has 0 spiro atoms. The molecule has 1 N–H and O–H groups in total. The van der Waals surface area contributed by atoms with E-state index >= 15 is 0 Å². The third-order valence-corrected chi connectivity index (χ3v) is 1.31. The van der Waals surface area contributed by atoms with E-state index in [9.17, 15) is 0 Å². The van der Waals surface area contributed by atoms with Crippen LogP contribution in [0.15, 0.2) is 0 Å². The van der Waals surface area contributed by atoms with Crippen molar-refractivity contribution in [3.63, 3.8) is 0 Å². The molecule has 1 heteroatoms. The van der Waals surface area contributed by atoms with Crippen LogP contribution in [0.25, 0.3) is 0 Å². The predicted octanol–water partition coefficient (Wildman–Crippen LogP) is 1.64. The first kappa shape index (κ1) is 7.96. The highest BCUT2D eigenvalue weighted by Crippen LogP contribution is 2.03. The number of rotatable bonds is 0. The fraction of sp³-hybridized carbons (Fsp3) is 1.00. The largest absolute Gasteiger partial charge is 0.316 e. The molecule has 0 aromatic carbocycles. The topological polar surface area (TPSA) is 12.0 Å². The van der Waals surface area contributed by atoms with Gasteiger partial charge in [0.25, 0.3) is 0 Å². The third kappa shape index (κ3) is 3.03. The maximum atomic E-state index is 3.27. The van der Waals surface area contributed by atoms with Gasteiger partial charge in [-0.15, -0.1) is 0 Å². The van der Waals surface area contributed by atoms with E-state index in [0.717, 1.165) is 5.92 Å². The molecule has 0 saturated carbocycles. The normalized spacial score (nSPS) is 26.6. The molecule has 8 heavy (non-hydrogen) atoms. The van der Waals surface area contributed by atoms with E-state index in [1.807, 2.05) is 13.8 Å². The van der Waals surface area contributed by atoms with Crippen molar-refractivity contribution in [3.05, 3.63) is 0 Å². The molecular weight excluding hydrogens is 98.1 g/mol. The van der Waals surface area contributed by atoms with Crippen molar-refractivity contribution >= 4 is 0 Å². The lowest BCUT2D eigenvalue weighted by Crippen LogP contribution is -2.06. The van der Waals surface area contributed by atoms with E-state index in [4.69, 9.17) is 0 Å². The Balaban J connectivity index is 0.000000222. The Labute approximate surface area is 52.5 Å². The van der Waals surface area contributed by atoms with Gasteiger partial charge in [-0.25, -0.2) is 0 Å². The molecule has 0 amide bonds. The fourth-order valence-corrected chi connectivity index (χ4v) is 0.799. The van der Waals surface area contributed by atoms with E-state index in [-0.39, 0.29) is 0 Å². The molecular formula is C7H17N. The van der Waals surface area contributed by atoms with Gasteiger partial charge in [0.2, 0.25) is 0 Å². The maximum Gasteiger partial charge on any atom is -0.00227 e. The van der Waals surface area contributed by atoms with Crippen LogP contribution in [-0.4, -0.2) is 13.1 Å². The fourth-order valence-electron chi connectivity index (χ4n) is 0.799. The second-order valence-corrected chi connectivity index (χ2v) is 2.10. The van der Waals surface area contributed by atoms with Crippen LogP contribution in [-0.2, 0) is 0 Å². The highest BCUT2D eigenvalue weighted by Gasteiger charge is 2.06. The van der Waals surface area contributed by atoms with Crippen molar-refractivity contribution in [2.24, 2.45) is 5.92 Å². The van der Waals surface area contributed by atoms with Crippen LogP contribution in [0.2, 0.25) is 0 Å². The summed E-state index contributed by atoms with van der Waals surface area (Å²) < 4.78 is 0. The molecule has 1 saturated heterocycles. The summed E-state index contributed by atoms with van der Waals surface area (Å²) in [6.45, 7) is 8.75. The Morgan fingerprint density at radius 1 is 1.38 bits per heavy atom. The molecule has 50 valence electrons. The minimum absolute atomic E-state index is 0.935. The first-order chi connectivity index (χ1) is 3.89. The highest BCUT2D eigenvalue weighted by atomic mass is 14.9. The molecule has 0 radical (unpaired) electrons. The minimum Gasteiger partial charge on any atom is -0.316 e. The number of nitrogens with one attached hydrogen (secondary N) is 1. The zero-order valence-electron chi connectivity index (χ0n) is 6.20. The van der Waals surface area contributed by atoms with E-state index in [2.05, 4.69) is 12.2 Å². The molecule has 0 unspecified atom stereocenters. The van der Waals surface area contributed by atoms with Gasteiger partial charge in [0.05, 0.1) is 0 Å². The first-order valence-corrected chi connectivity index (χ1v) is 3.60. The molecule has 0 aromatic rings. The number of hydrogen-bond acceptors (Lipinski definition) is 1. The molecule has 1 aliphatic rings. The zero-order valence-corrected chi connectivity index (χ0v) is 6.20. The van der Waals surface area contributed by atoms with Crippen LogP contribution >= 0.6 is 0 Å². The molecule has 1 aliphatic heterocycles. The Kier molecular flexibility index (Phi) is 5.08. The van der Waals surface area contributed by atoms with E-state index < -0.39 is 0 Å². The summed E-state index contributed by atoms with van der Waals surface area (Å²) in [7, 11) is 0. The van der Waals surface area contributed by atoms with Crippen molar-refractivity contribution in [1.82, 2.24) is 5.32 Å². The van der Waals surface area contributed by atoms with Gasteiger partial charge < -0.3 is 5.32 Å². The maximum absolute atomic E-state index is 3.27. The quantitative estimate of drug-likeness (QED) is 0.506. The Bertz CT molecular complexity index is 37.7. The van der Waals surface area contributed by atoms with Crippen LogP contribution in [0.3, 0.4) is 0 Å². The zero-order chi connectivity index (χ0) is 6.41. The van der Waals surface area contributed by atoms with E-state index in [1.54, 1.807) is 0 Å². The molecule has 0 bridgehead atoms. The summed E-state index contributed by atoms with van der Waals surface area (Å²) in [5.74, 6) is 0.935. The van der Waals surface area contributed by atoms with Gasteiger partial charge in [0.15, 0.2) is 0 Å².